The quantitative estimate of drug-likeness (QED) is 0.680. The van der Waals surface area contributed by atoms with E-state index in [1.807, 2.05) is 0 Å². The lowest BCUT2D eigenvalue weighted by molar-refractivity contribution is -0.275. The van der Waals surface area contributed by atoms with Crippen LogP contribution in [0.2, 0.25) is 0 Å². The predicted octanol–water partition coefficient (Wildman–Crippen LogP) is 3.36. The number of halogens is 6. The summed E-state index contributed by atoms with van der Waals surface area (Å²) in [6, 6.07) is 0. The van der Waals surface area contributed by atoms with E-state index in [2.05, 4.69) is 9.72 Å². The average molecular weight is 278 g/mol. The van der Waals surface area contributed by atoms with Crippen molar-refractivity contribution in [1.82, 2.24) is 4.98 Å². The molecule has 3 nitrogen and oxygen atoms in total. The van der Waals surface area contributed by atoms with Gasteiger partial charge in [0.15, 0.2) is 5.75 Å². The lowest BCUT2D eigenvalue weighted by Gasteiger charge is -2.16. The molecule has 0 bridgehead atoms. The molecule has 0 radical (unpaired) electrons. The van der Waals surface area contributed by atoms with Crippen LogP contribution in [0.5, 0.6) is 11.5 Å². The topological polar surface area (TPSA) is 42.4 Å². The van der Waals surface area contributed by atoms with Gasteiger partial charge >= 0.3 is 6.36 Å². The second-order valence-electron chi connectivity index (χ2n) is 2.82. The Labute approximate surface area is 96.8 Å². The van der Waals surface area contributed by atoms with Crippen LogP contribution >= 0.6 is 11.6 Å². The van der Waals surface area contributed by atoms with Gasteiger partial charge in [-0.05, 0) is 0 Å². The van der Waals surface area contributed by atoms with Gasteiger partial charge in [0, 0.05) is 0 Å². The molecule has 17 heavy (non-hydrogen) atoms. The Balaban J connectivity index is 3.35. The van der Waals surface area contributed by atoms with Gasteiger partial charge in [-0.25, -0.2) is 8.78 Å². The van der Waals surface area contributed by atoms with Crippen molar-refractivity contribution in [3.63, 3.8) is 0 Å². The third kappa shape index (κ3) is 3.32. The van der Waals surface area contributed by atoms with E-state index in [1.165, 1.54) is 0 Å². The van der Waals surface area contributed by atoms with Crippen molar-refractivity contribution in [1.29, 1.82) is 0 Å². The van der Waals surface area contributed by atoms with E-state index < -0.39 is 41.4 Å². The van der Waals surface area contributed by atoms with Gasteiger partial charge in [0.05, 0.1) is 17.8 Å². The number of ether oxygens (including phenoxy) is 1. The van der Waals surface area contributed by atoms with Crippen LogP contribution in [-0.4, -0.2) is 16.5 Å². The summed E-state index contributed by atoms with van der Waals surface area (Å²) in [6.45, 7) is 0. The molecule has 0 unspecified atom stereocenters. The maximum atomic E-state index is 12.5. The standard InChI is InChI=1S/C8H5ClF5NO2/c9-1-3-6(17-8(12,13)14)5(7(10)11)4(16)2-15-3/h2,7,16H,1H2. The third-order valence-corrected chi connectivity index (χ3v) is 1.94. The van der Waals surface area contributed by atoms with E-state index in [1.54, 1.807) is 0 Å². The molecule has 0 saturated heterocycles. The van der Waals surface area contributed by atoms with Crippen molar-refractivity contribution in [3.05, 3.63) is 17.5 Å². The summed E-state index contributed by atoms with van der Waals surface area (Å²) in [6.07, 6.45) is -7.94. The summed E-state index contributed by atoms with van der Waals surface area (Å²) >= 11 is 5.25. The number of rotatable bonds is 3. The van der Waals surface area contributed by atoms with Gasteiger partial charge in [0.25, 0.3) is 6.43 Å². The highest BCUT2D eigenvalue weighted by Crippen LogP contribution is 2.40. The maximum Gasteiger partial charge on any atom is 0.573 e. The number of alkyl halides is 6. The normalized spacial score (nSPS) is 11.9. The first kappa shape index (κ1) is 13.8. The van der Waals surface area contributed by atoms with E-state index >= 15 is 0 Å². The van der Waals surface area contributed by atoms with Crippen molar-refractivity contribution >= 4 is 11.6 Å². The van der Waals surface area contributed by atoms with Gasteiger partial charge in [-0.15, -0.1) is 24.8 Å². The van der Waals surface area contributed by atoms with E-state index in [9.17, 15) is 22.0 Å². The summed E-state index contributed by atoms with van der Waals surface area (Å²) in [5.41, 5.74) is -1.81. The second kappa shape index (κ2) is 4.91. The number of hydrogen-bond donors (Lipinski definition) is 1. The van der Waals surface area contributed by atoms with Crippen LogP contribution in [0.4, 0.5) is 22.0 Å². The van der Waals surface area contributed by atoms with Crippen molar-refractivity contribution < 1.29 is 31.8 Å². The summed E-state index contributed by atoms with van der Waals surface area (Å²) in [5, 5.41) is 9.05. The number of nitrogens with zero attached hydrogens (tertiary/aromatic N) is 1. The zero-order valence-corrected chi connectivity index (χ0v) is 8.69. The third-order valence-electron chi connectivity index (χ3n) is 1.69. The van der Waals surface area contributed by atoms with Crippen molar-refractivity contribution in [2.24, 2.45) is 0 Å². The molecule has 0 spiro atoms. The fourth-order valence-corrected chi connectivity index (χ4v) is 1.27. The lowest BCUT2D eigenvalue weighted by Crippen LogP contribution is -2.19. The Hall–Kier alpha value is -1.31. The molecule has 1 heterocycles. The largest absolute Gasteiger partial charge is 0.573 e. The van der Waals surface area contributed by atoms with Crippen LogP contribution in [0.15, 0.2) is 6.20 Å². The molecule has 0 aliphatic heterocycles. The van der Waals surface area contributed by atoms with Gasteiger partial charge in [-0.3, -0.25) is 4.98 Å². The Morgan fingerprint density at radius 1 is 1.41 bits per heavy atom. The Morgan fingerprint density at radius 3 is 2.41 bits per heavy atom. The van der Waals surface area contributed by atoms with E-state index in [0.717, 1.165) is 0 Å². The summed E-state index contributed by atoms with van der Waals surface area (Å²) in [7, 11) is 0. The minimum Gasteiger partial charge on any atom is -0.506 e. The zero-order chi connectivity index (χ0) is 13.2. The van der Waals surface area contributed by atoms with E-state index in [0.29, 0.717) is 6.20 Å². The molecule has 1 aromatic heterocycles. The molecule has 9 heteroatoms. The van der Waals surface area contributed by atoms with Crippen LogP contribution < -0.4 is 4.74 Å². The fraction of sp³-hybridized carbons (Fsp3) is 0.375. The van der Waals surface area contributed by atoms with Crippen molar-refractivity contribution in [2.45, 2.75) is 18.7 Å². The van der Waals surface area contributed by atoms with Crippen molar-refractivity contribution in [2.75, 3.05) is 0 Å². The lowest BCUT2D eigenvalue weighted by atomic mass is 10.2. The first-order chi connectivity index (χ1) is 7.76. The van der Waals surface area contributed by atoms with E-state index in [4.69, 9.17) is 16.7 Å². The highest BCUT2D eigenvalue weighted by Gasteiger charge is 2.36. The SMILES string of the molecule is Oc1cnc(CCl)c(OC(F)(F)F)c1C(F)F. The summed E-state index contributed by atoms with van der Waals surface area (Å²) in [5.74, 6) is -2.92. The average Bonchev–Trinajstić information content (AvgIpc) is 2.15. The molecule has 0 aliphatic carbocycles. The maximum absolute atomic E-state index is 12.5. The van der Waals surface area contributed by atoms with Gasteiger partial charge in [0.2, 0.25) is 0 Å². The van der Waals surface area contributed by atoms with Crippen LogP contribution in [0.25, 0.3) is 0 Å². The van der Waals surface area contributed by atoms with Crippen LogP contribution in [0.1, 0.15) is 17.7 Å². The second-order valence-corrected chi connectivity index (χ2v) is 3.08. The number of aromatic hydroxyl groups is 1. The van der Waals surface area contributed by atoms with Gasteiger partial charge in [-0.2, -0.15) is 0 Å². The van der Waals surface area contributed by atoms with Crippen molar-refractivity contribution in [3.8, 4) is 11.5 Å². The highest BCUT2D eigenvalue weighted by molar-refractivity contribution is 6.17. The first-order valence-electron chi connectivity index (χ1n) is 4.07. The number of aromatic nitrogens is 1. The smallest absolute Gasteiger partial charge is 0.506 e. The molecule has 0 amide bonds. The molecule has 0 aliphatic rings. The fourth-order valence-electron chi connectivity index (χ4n) is 1.07. The number of hydrogen-bond acceptors (Lipinski definition) is 3. The molecule has 0 atom stereocenters. The zero-order valence-electron chi connectivity index (χ0n) is 7.93. The first-order valence-corrected chi connectivity index (χ1v) is 4.60. The monoisotopic (exact) mass is 277 g/mol. The minimum atomic E-state index is -5.18. The van der Waals surface area contributed by atoms with Gasteiger partial charge in [0.1, 0.15) is 11.3 Å². The summed E-state index contributed by atoms with van der Waals surface area (Å²) in [4.78, 5) is 3.28. The predicted molar refractivity (Wildman–Crippen MR) is 47.1 cm³/mol. The van der Waals surface area contributed by atoms with Gasteiger partial charge in [-0.1, -0.05) is 0 Å². The molecule has 1 rings (SSSR count). The molecular formula is C8H5ClF5NO2. The van der Waals surface area contributed by atoms with Gasteiger partial charge < -0.3 is 9.84 Å². The van der Waals surface area contributed by atoms with E-state index in [-0.39, 0.29) is 0 Å². The molecule has 1 aromatic rings. The Kier molecular flexibility index (Phi) is 3.97. The molecule has 0 saturated carbocycles. The molecule has 96 valence electrons. The Morgan fingerprint density at radius 2 is 2.00 bits per heavy atom. The summed E-state index contributed by atoms with van der Waals surface area (Å²) < 4.78 is 64.5. The van der Waals surface area contributed by atoms with Crippen LogP contribution in [0.3, 0.4) is 0 Å². The van der Waals surface area contributed by atoms with Crippen LogP contribution in [0, 0.1) is 0 Å². The molecule has 0 fully saturated rings. The molecule has 0 aromatic carbocycles. The Bertz CT molecular complexity index is 410. The molecule has 1 N–H and O–H groups in total. The highest BCUT2D eigenvalue weighted by atomic mass is 35.5. The number of pyridine rings is 1. The molecular weight excluding hydrogens is 273 g/mol. The minimum absolute atomic E-state index is 0.530. The van der Waals surface area contributed by atoms with Crippen LogP contribution in [-0.2, 0) is 5.88 Å².